The number of benzene rings is 1. The SMILES string of the molecule is CC(O)c1ccccc1NCc1ccc(CSC(F)F)o1. The monoisotopic (exact) mass is 313 g/mol. The minimum absolute atomic E-state index is 0.155. The first kappa shape index (κ1) is 15.9. The summed E-state index contributed by atoms with van der Waals surface area (Å²) in [6, 6.07) is 10.9. The molecule has 1 aromatic carbocycles. The summed E-state index contributed by atoms with van der Waals surface area (Å²) in [5.74, 6) is -1.04. The molecule has 3 nitrogen and oxygen atoms in total. The van der Waals surface area contributed by atoms with Crippen molar-refractivity contribution in [3.05, 3.63) is 53.5 Å². The number of aliphatic hydroxyl groups is 1. The average molecular weight is 313 g/mol. The summed E-state index contributed by atoms with van der Waals surface area (Å²) >= 11 is 0.538. The number of nitrogens with one attached hydrogen (secondary N) is 1. The van der Waals surface area contributed by atoms with Gasteiger partial charge in [0.05, 0.1) is 18.4 Å². The summed E-state index contributed by atoms with van der Waals surface area (Å²) in [7, 11) is 0. The summed E-state index contributed by atoms with van der Waals surface area (Å²) in [5, 5.41) is 12.9. The number of hydrogen-bond acceptors (Lipinski definition) is 4. The Labute approximate surface area is 126 Å². The number of rotatable bonds is 7. The minimum Gasteiger partial charge on any atom is -0.463 e. The summed E-state index contributed by atoms with van der Waals surface area (Å²) in [6.07, 6.45) is -0.566. The maximum atomic E-state index is 12.1. The fraction of sp³-hybridized carbons (Fsp3) is 0.333. The molecule has 1 heterocycles. The van der Waals surface area contributed by atoms with Crippen molar-refractivity contribution in [3.63, 3.8) is 0 Å². The molecule has 0 aliphatic rings. The summed E-state index contributed by atoms with van der Waals surface area (Å²) < 4.78 is 29.7. The highest BCUT2D eigenvalue weighted by atomic mass is 32.2. The minimum atomic E-state index is -2.39. The van der Waals surface area contributed by atoms with Gasteiger partial charge in [0, 0.05) is 11.3 Å². The number of para-hydroxylation sites is 1. The van der Waals surface area contributed by atoms with E-state index in [0.717, 1.165) is 11.3 Å². The van der Waals surface area contributed by atoms with Crippen molar-refractivity contribution in [1.29, 1.82) is 0 Å². The van der Waals surface area contributed by atoms with Crippen molar-refractivity contribution in [3.8, 4) is 0 Å². The van der Waals surface area contributed by atoms with Gasteiger partial charge >= 0.3 is 0 Å². The zero-order valence-electron chi connectivity index (χ0n) is 11.6. The standard InChI is InChI=1S/C15H17F2NO2S/c1-10(19)13-4-2-3-5-14(13)18-8-11-6-7-12(20-11)9-21-15(16)17/h2-7,10,15,18-19H,8-9H2,1H3. The summed E-state index contributed by atoms with van der Waals surface area (Å²) in [5.41, 5.74) is 1.63. The van der Waals surface area contributed by atoms with Crippen LogP contribution in [0.3, 0.4) is 0 Å². The van der Waals surface area contributed by atoms with Crippen LogP contribution in [0.15, 0.2) is 40.8 Å². The highest BCUT2D eigenvalue weighted by Crippen LogP contribution is 2.24. The van der Waals surface area contributed by atoms with Gasteiger partial charge in [0.1, 0.15) is 11.5 Å². The van der Waals surface area contributed by atoms with Crippen LogP contribution in [0, 0.1) is 0 Å². The van der Waals surface area contributed by atoms with Crippen LogP contribution in [0.4, 0.5) is 14.5 Å². The molecule has 2 N–H and O–H groups in total. The van der Waals surface area contributed by atoms with E-state index in [2.05, 4.69) is 5.32 Å². The van der Waals surface area contributed by atoms with E-state index in [0.29, 0.717) is 29.8 Å². The molecule has 1 aromatic heterocycles. The van der Waals surface area contributed by atoms with Gasteiger partial charge in [0.15, 0.2) is 0 Å². The molecule has 6 heteroatoms. The Balaban J connectivity index is 1.94. The third-order valence-electron chi connectivity index (χ3n) is 2.93. The topological polar surface area (TPSA) is 45.4 Å². The highest BCUT2D eigenvalue weighted by molar-refractivity contribution is 7.98. The Morgan fingerprint density at radius 3 is 2.62 bits per heavy atom. The normalized spacial score (nSPS) is 12.6. The van der Waals surface area contributed by atoms with Gasteiger partial charge in [0.2, 0.25) is 0 Å². The number of thioether (sulfide) groups is 1. The van der Waals surface area contributed by atoms with Crippen molar-refractivity contribution >= 4 is 17.4 Å². The molecule has 0 aliphatic carbocycles. The Hall–Kier alpha value is -1.53. The second kappa shape index (κ2) is 7.47. The molecule has 1 unspecified atom stereocenters. The number of hydrogen-bond donors (Lipinski definition) is 2. The lowest BCUT2D eigenvalue weighted by atomic mass is 10.1. The molecule has 0 aliphatic heterocycles. The predicted molar refractivity (Wildman–Crippen MR) is 80.4 cm³/mol. The molecule has 21 heavy (non-hydrogen) atoms. The second-order valence-corrected chi connectivity index (χ2v) is 5.53. The largest absolute Gasteiger partial charge is 0.463 e. The van der Waals surface area contributed by atoms with Crippen LogP contribution in [0.25, 0.3) is 0 Å². The van der Waals surface area contributed by atoms with Crippen LogP contribution in [0.1, 0.15) is 30.1 Å². The van der Waals surface area contributed by atoms with Crippen molar-refractivity contribution in [1.82, 2.24) is 0 Å². The highest BCUT2D eigenvalue weighted by Gasteiger charge is 2.09. The van der Waals surface area contributed by atoms with Crippen LogP contribution in [-0.2, 0) is 12.3 Å². The van der Waals surface area contributed by atoms with Gasteiger partial charge in [-0.25, -0.2) is 0 Å². The van der Waals surface area contributed by atoms with Gasteiger partial charge in [-0.2, -0.15) is 8.78 Å². The molecular formula is C15H17F2NO2S. The molecule has 1 atom stereocenters. The van der Waals surface area contributed by atoms with Crippen LogP contribution in [0.5, 0.6) is 0 Å². The van der Waals surface area contributed by atoms with Crippen molar-refractivity contribution in [2.75, 3.05) is 5.32 Å². The Morgan fingerprint density at radius 2 is 1.90 bits per heavy atom. The number of aliphatic hydroxyl groups excluding tert-OH is 1. The van der Waals surface area contributed by atoms with Gasteiger partial charge in [-0.15, -0.1) is 0 Å². The van der Waals surface area contributed by atoms with Crippen LogP contribution in [0.2, 0.25) is 0 Å². The summed E-state index contributed by atoms with van der Waals surface area (Å²) in [4.78, 5) is 0. The number of halogens is 2. The van der Waals surface area contributed by atoms with E-state index in [-0.39, 0.29) is 5.75 Å². The van der Waals surface area contributed by atoms with Crippen LogP contribution < -0.4 is 5.32 Å². The third kappa shape index (κ3) is 4.75. The first-order valence-corrected chi connectivity index (χ1v) is 7.59. The van der Waals surface area contributed by atoms with Gasteiger partial charge in [-0.1, -0.05) is 30.0 Å². The second-order valence-electron chi connectivity index (χ2n) is 4.56. The van der Waals surface area contributed by atoms with Gasteiger partial charge < -0.3 is 14.8 Å². The molecular weight excluding hydrogens is 296 g/mol. The van der Waals surface area contributed by atoms with E-state index in [1.165, 1.54) is 0 Å². The van der Waals surface area contributed by atoms with Crippen molar-refractivity contribution in [2.45, 2.75) is 31.1 Å². The molecule has 114 valence electrons. The first-order chi connectivity index (χ1) is 10.1. The van der Waals surface area contributed by atoms with Crippen molar-refractivity contribution < 1.29 is 18.3 Å². The smallest absolute Gasteiger partial charge is 0.284 e. The molecule has 2 aromatic rings. The van der Waals surface area contributed by atoms with E-state index in [9.17, 15) is 13.9 Å². The number of alkyl halides is 2. The molecule has 0 saturated heterocycles. The molecule has 0 saturated carbocycles. The molecule has 0 amide bonds. The number of anilines is 1. The average Bonchev–Trinajstić information content (AvgIpc) is 2.91. The molecule has 2 rings (SSSR count). The molecule has 0 radical (unpaired) electrons. The zero-order chi connectivity index (χ0) is 15.2. The van der Waals surface area contributed by atoms with E-state index in [4.69, 9.17) is 4.42 Å². The molecule has 0 spiro atoms. The maximum absolute atomic E-state index is 12.1. The van der Waals surface area contributed by atoms with E-state index >= 15 is 0 Å². The van der Waals surface area contributed by atoms with Gasteiger partial charge in [-0.3, -0.25) is 0 Å². The van der Waals surface area contributed by atoms with Crippen LogP contribution >= 0.6 is 11.8 Å². The van der Waals surface area contributed by atoms with Crippen molar-refractivity contribution in [2.24, 2.45) is 0 Å². The Morgan fingerprint density at radius 1 is 1.19 bits per heavy atom. The van der Waals surface area contributed by atoms with E-state index in [1.807, 2.05) is 24.3 Å². The fourth-order valence-electron chi connectivity index (χ4n) is 1.94. The lowest BCUT2D eigenvalue weighted by Gasteiger charge is -2.13. The van der Waals surface area contributed by atoms with Gasteiger partial charge in [0.25, 0.3) is 5.76 Å². The zero-order valence-corrected chi connectivity index (χ0v) is 12.4. The number of furan rings is 1. The Kier molecular flexibility index (Phi) is 5.64. The Bertz CT molecular complexity index is 572. The van der Waals surface area contributed by atoms with E-state index in [1.54, 1.807) is 19.1 Å². The third-order valence-corrected chi connectivity index (χ3v) is 3.64. The first-order valence-electron chi connectivity index (χ1n) is 6.54. The van der Waals surface area contributed by atoms with Crippen LogP contribution in [-0.4, -0.2) is 10.9 Å². The fourth-order valence-corrected chi connectivity index (χ4v) is 2.39. The molecule has 0 fully saturated rings. The lowest BCUT2D eigenvalue weighted by molar-refractivity contribution is 0.200. The lowest BCUT2D eigenvalue weighted by Crippen LogP contribution is -2.03. The summed E-state index contributed by atoms with van der Waals surface area (Å²) in [6.45, 7) is 2.14. The predicted octanol–water partition coefficient (Wildman–Crippen LogP) is 4.40. The molecule has 0 bridgehead atoms. The van der Waals surface area contributed by atoms with E-state index < -0.39 is 11.9 Å². The van der Waals surface area contributed by atoms with Gasteiger partial charge in [-0.05, 0) is 25.1 Å². The maximum Gasteiger partial charge on any atom is 0.284 e. The quantitative estimate of drug-likeness (QED) is 0.795.